The van der Waals surface area contributed by atoms with E-state index in [9.17, 15) is 20.1 Å². The summed E-state index contributed by atoms with van der Waals surface area (Å²) in [4.78, 5) is 16.4. The lowest BCUT2D eigenvalue weighted by Gasteiger charge is -2.32. The molecule has 0 bridgehead atoms. The number of ketones is 1. The van der Waals surface area contributed by atoms with Crippen molar-refractivity contribution in [1.82, 2.24) is 4.31 Å². The Morgan fingerprint density at radius 1 is 1.33 bits per heavy atom. The number of hydrogen-bond donors (Lipinski definition) is 3. The van der Waals surface area contributed by atoms with Crippen molar-refractivity contribution in [2.75, 3.05) is 13.7 Å². The Morgan fingerprint density at radius 3 is 2.71 bits per heavy atom. The zero-order valence-electron chi connectivity index (χ0n) is 12.0. The minimum atomic E-state index is -2.70. The van der Waals surface area contributed by atoms with E-state index in [0.717, 1.165) is 16.3 Å². The number of carbonyl (C=O) groups excluding carboxylic acids is 1. The molecule has 1 aliphatic rings. The van der Waals surface area contributed by atoms with E-state index in [2.05, 4.69) is 9.99 Å². The highest BCUT2D eigenvalue weighted by Gasteiger charge is 2.51. The minimum absolute atomic E-state index is 0.183. The fourth-order valence-electron chi connectivity index (χ4n) is 1.80. The molecular weight excluding hydrogens is 296 g/mol. The van der Waals surface area contributed by atoms with E-state index in [-0.39, 0.29) is 13.0 Å². The van der Waals surface area contributed by atoms with Crippen LogP contribution in [0.15, 0.2) is 28.8 Å². The Morgan fingerprint density at radius 2 is 2.05 bits per heavy atom. The average molecular weight is 316 g/mol. The normalized spacial score (nSPS) is 27.8. The molecule has 8 heteroatoms. The van der Waals surface area contributed by atoms with E-state index in [1.807, 2.05) is 0 Å². The van der Waals surface area contributed by atoms with Crippen molar-refractivity contribution in [3.63, 3.8) is 0 Å². The Labute approximate surface area is 127 Å². The molecular formula is C13H20N2O5S. The number of nitrogens with zero attached hydrogens (tertiary/aromatic N) is 2. The van der Waals surface area contributed by atoms with Gasteiger partial charge in [-0.1, -0.05) is 17.3 Å². The van der Waals surface area contributed by atoms with Gasteiger partial charge in [0.15, 0.2) is 0 Å². The maximum atomic E-state index is 11.9. The standard InChI is InChI=1S/C13H20N2O5S/c1-12(17)7-6-9-15(13(18,19)11(12)16)21-10-5-3-4-8-14-20-2/h3-5,8,10,17-19H,6-7,9H2,1-2H3/b4-3-,10-5+,14-8+. The molecule has 1 heterocycles. The molecule has 0 radical (unpaired) electrons. The van der Waals surface area contributed by atoms with Crippen LogP contribution < -0.4 is 0 Å². The van der Waals surface area contributed by atoms with Crippen molar-refractivity contribution < 1.29 is 25.0 Å². The van der Waals surface area contributed by atoms with E-state index in [4.69, 9.17) is 0 Å². The molecule has 0 aromatic heterocycles. The first-order valence-electron chi connectivity index (χ1n) is 6.37. The van der Waals surface area contributed by atoms with Crippen LogP contribution in [0.4, 0.5) is 0 Å². The van der Waals surface area contributed by atoms with Crippen LogP contribution in [0.3, 0.4) is 0 Å². The van der Waals surface area contributed by atoms with Gasteiger partial charge in [-0.05, 0) is 43.2 Å². The predicted molar refractivity (Wildman–Crippen MR) is 80.1 cm³/mol. The summed E-state index contributed by atoms with van der Waals surface area (Å²) in [6.45, 7) is 1.55. The van der Waals surface area contributed by atoms with Gasteiger partial charge >= 0.3 is 0 Å². The summed E-state index contributed by atoms with van der Waals surface area (Å²) in [6.07, 6.45) is 7.05. The minimum Gasteiger partial charge on any atom is -0.399 e. The molecule has 7 nitrogen and oxygen atoms in total. The van der Waals surface area contributed by atoms with Crippen molar-refractivity contribution >= 4 is 23.9 Å². The molecule has 1 rings (SSSR count). The number of Topliss-reactive ketones (excluding diaryl/α,β-unsaturated/α-hetero) is 1. The van der Waals surface area contributed by atoms with Crippen LogP contribution in [-0.2, 0) is 9.63 Å². The van der Waals surface area contributed by atoms with Crippen LogP contribution in [0.2, 0.25) is 0 Å². The Balaban J connectivity index is 2.66. The Bertz CT molecular complexity index is 446. The van der Waals surface area contributed by atoms with E-state index in [0.29, 0.717) is 6.42 Å². The lowest BCUT2D eigenvalue weighted by molar-refractivity contribution is -0.230. The summed E-state index contributed by atoms with van der Waals surface area (Å²) in [6, 6.07) is 0. The molecule has 0 spiro atoms. The van der Waals surface area contributed by atoms with Gasteiger partial charge in [0, 0.05) is 6.54 Å². The van der Waals surface area contributed by atoms with Crippen LogP contribution >= 0.6 is 11.9 Å². The van der Waals surface area contributed by atoms with Gasteiger partial charge in [-0.15, -0.1) is 0 Å². The van der Waals surface area contributed by atoms with Gasteiger partial charge in [-0.3, -0.25) is 4.79 Å². The summed E-state index contributed by atoms with van der Waals surface area (Å²) in [5.41, 5.74) is -1.74. The van der Waals surface area contributed by atoms with Gasteiger partial charge < -0.3 is 20.2 Å². The molecule has 118 valence electrons. The van der Waals surface area contributed by atoms with Crippen LogP contribution in [0, 0.1) is 0 Å². The average Bonchev–Trinajstić information content (AvgIpc) is 2.49. The number of allylic oxidation sites excluding steroid dienone is 3. The lowest BCUT2D eigenvalue weighted by Crippen LogP contribution is -2.57. The third-order valence-electron chi connectivity index (χ3n) is 2.91. The third kappa shape index (κ3) is 4.94. The van der Waals surface area contributed by atoms with Crippen molar-refractivity contribution in [3.05, 3.63) is 23.6 Å². The van der Waals surface area contributed by atoms with Gasteiger partial charge in [0.05, 0.1) is 6.21 Å². The Kier molecular flexibility index (Phi) is 6.56. The molecule has 0 amide bonds. The van der Waals surface area contributed by atoms with Crippen molar-refractivity contribution in [2.45, 2.75) is 31.3 Å². The van der Waals surface area contributed by atoms with E-state index in [1.54, 1.807) is 23.6 Å². The zero-order valence-corrected chi connectivity index (χ0v) is 12.8. The zero-order chi connectivity index (χ0) is 15.9. The van der Waals surface area contributed by atoms with Gasteiger partial charge in [0.2, 0.25) is 5.78 Å². The molecule has 1 aliphatic heterocycles. The van der Waals surface area contributed by atoms with Crippen LogP contribution in [0.5, 0.6) is 0 Å². The molecule has 1 saturated heterocycles. The Hall–Kier alpha value is -1.19. The maximum Gasteiger partial charge on any atom is 0.300 e. The van der Waals surface area contributed by atoms with Crippen molar-refractivity contribution in [2.24, 2.45) is 5.16 Å². The molecule has 1 fully saturated rings. The fourth-order valence-corrected chi connectivity index (χ4v) is 2.57. The van der Waals surface area contributed by atoms with Crippen LogP contribution in [0.25, 0.3) is 0 Å². The molecule has 1 atom stereocenters. The number of oxime groups is 1. The summed E-state index contributed by atoms with van der Waals surface area (Å²) < 4.78 is 1.13. The number of aliphatic hydroxyl groups is 3. The van der Waals surface area contributed by atoms with Gasteiger partial charge in [-0.25, -0.2) is 0 Å². The SMILES string of the molecule is CO/N=C/C=C\C=C\SN1CCCC(C)(O)C(=O)C1(O)O. The molecule has 3 N–H and O–H groups in total. The maximum absolute atomic E-state index is 11.9. The fraction of sp³-hybridized carbons (Fsp3) is 0.538. The predicted octanol–water partition coefficient (Wildman–Crippen LogP) is 0.391. The van der Waals surface area contributed by atoms with Crippen molar-refractivity contribution in [1.29, 1.82) is 0 Å². The highest BCUT2D eigenvalue weighted by atomic mass is 32.2. The molecule has 0 aromatic carbocycles. The van der Waals surface area contributed by atoms with Crippen LogP contribution in [-0.4, -0.2) is 56.8 Å². The van der Waals surface area contributed by atoms with E-state index < -0.39 is 17.3 Å². The number of carbonyl (C=O) groups is 1. The largest absolute Gasteiger partial charge is 0.399 e. The quantitative estimate of drug-likeness (QED) is 0.222. The third-order valence-corrected chi connectivity index (χ3v) is 3.88. The second kappa shape index (κ2) is 7.71. The summed E-state index contributed by atoms with van der Waals surface area (Å²) in [5, 5.41) is 34.9. The van der Waals surface area contributed by atoms with E-state index in [1.165, 1.54) is 20.2 Å². The molecule has 0 aromatic rings. The summed E-state index contributed by atoms with van der Waals surface area (Å²) in [5.74, 6) is -3.72. The topological polar surface area (TPSA) is 103 Å². The first-order chi connectivity index (χ1) is 9.82. The monoisotopic (exact) mass is 316 g/mol. The second-order valence-electron chi connectivity index (χ2n) is 4.70. The highest BCUT2D eigenvalue weighted by molar-refractivity contribution is 7.99. The summed E-state index contributed by atoms with van der Waals surface area (Å²) >= 11 is 0.980. The van der Waals surface area contributed by atoms with Gasteiger partial charge in [0.1, 0.15) is 12.7 Å². The van der Waals surface area contributed by atoms with Crippen LogP contribution in [0.1, 0.15) is 19.8 Å². The highest BCUT2D eigenvalue weighted by Crippen LogP contribution is 2.31. The smallest absolute Gasteiger partial charge is 0.300 e. The van der Waals surface area contributed by atoms with Crippen molar-refractivity contribution in [3.8, 4) is 0 Å². The first kappa shape index (κ1) is 17.9. The lowest BCUT2D eigenvalue weighted by atomic mass is 9.94. The molecule has 1 unspecified atom stereocenters. The second-order valence-corrected chi connectivity index (χ2v) is 5.62. The molecule has 0 saturated carbocycles. The summed E-state index contributed by atoms with van der Waals surface area (Å²) in [7, 11) is 1.43. The van der Waals surface area contributed by atoms with E-state index >= 15 is 0 Å². The van der Waals surface area contributed by atoms with Gasteiger partial charge in [0.25, 0.3) is 5.91 Å². The number of rotatable bonds is 5. The first-order valence-corrected chi connectivity index (χ1v) is 7.21. The number of hydrogen-bond acceptors (Lipinski definition) is 8. The molecule has 21 heavy (non-hydrogen) atoms. The van der Waals surface area contributed by atoms with Gasteiger partial charge in [-0.2, -0.15) is 4.31 Å². The molecule has 0 aliphatic carbocycles.